The zero-order valence-electron chi connectivity index (χ0n) is 10.1. The smallest absolute Gasteiger partial charge is 0.266 e. The number of aliphatic hydroxyl groups is 1. The van der Waals surface area contributed by atoms with E-state index in [1.165, 1.54) is 11.3 Å². The number of hydrogen-bond donors (Lipinski definition) is 2. The van der Waals surface area contributed by atoms with Crippen molar-refractivity contribution in [1.29, 1.82) is 0 Å². The van der Waals surface area contributed by atoms with Gasteiger partial charge in [-0.1, -0.05) is 17.9 Å². The Hall–Kier alpha value is -2.16. The van der Waals surface area contributed by atoms with Gasteiger partial charge in [-0.05, 0) is 23.6 Å². The van der Waals surface area contributed by atoms with E-state index in [1.807, 2.05) is 11.4 Å². The largest absolute Gasteiger partial charge is 0.395 e. The van der Waals surface area contributed by atoms with Crippen molar-refractivity contribution in [2.75, 3.05) is 11.9 Å². The SMILES string of the molecule is O=C(Nc1cc(C#CCCO)ccn1)c1cccs1. The van der Waals surface area contributed by atoms with E-state index in [0.29, 0.717) is 17.1 Å². The van der Waals surface area contributed by atoms with Gasteiger partial charge in [0.1, 0.15) is 5.82 Å². The molecule has 0 saturated carbocycles. The molecule has 4 nitrogen and oxygen atoms in total. The minimum Gasteiger partial charge on any atom is -0.395 e. The number of rotatable bonds is 3. The predicted octanol–water partition coefficient (Wildman–Crippen LogP) is 2.13. The van der Waals surface area contributed by atoms with Crippen LogP contribution < -0.4 is 5.32 Å². The molecule has 2 heterocycles. The van der Waals surface area contributed by atoms with Crippen LogP contribution in [-0.2, 0) is 0 Å². The van der Waals surface area contributed by atoms with E-state index in [2.05, 4.69) is 22.1 Å². The first-order valence-electron chi connectivity index (χ1n) is 5.70. The molecule has 0 aliphatic rings. The summed E-state index contributed by atoms with van der Waals surface area (Å²) in [5.41, 5.74) is 0.755. The van der Waals surface area contributed by atoms with Crippen LogP contribution >= 0.6 is 11.3 Å². The van der Waals surface area contributed by atoms with Crippen molar-refractivity contribution in [3.63, 3.8) is 0 Å². The molecule has 0 bridgehead atoms. The molecule has 96 valence electrons. The molecular formula is C14H12N2O2S. The highest BCUT2D eigenvalue weighted by atomic mass is 32.1. The fourth-order valence-corrected chi connectivity index (χ4v) is 2.00. The van der Waals surface area contributed by atoms with E-state index < -0.39 is 0 Å². The van der Waals surface area contributed by atoms with E-state index in [4.69, 9.17) is 5.11 Å². The number of nitrogens with one attached hydrogen (secondary N) is 1. The van der Waals surface area contributed by atoms with Crippen LogP contribution in [0.2, 0.25) is 0 Å². The third kappa shape index (κ3) is 3.91. The van der Waals surface area contributed by atoms with Crippen LogP contribution in [0.5, 0.6) is 0 Å². The molecular weight excluding hydrogens is 260 g/mol. The Balaban J connectivity index is 2.07. The number of thiophene rings is 1. The van der Waals surface area contributed by atoms with Gasteiger partial charge in [0.05, 0.1) is 11.5 Å². The van der Waals surface area contributed by atoms with Gasteiger partial charge in [-0.15, -0.1) is 11.3 Å². The van der Waals surface area contributed by atoms with Gasteiger partial charge in [-0.25, -0.2) is 4.98 Å². The maximum atomic E-state index is 11.8. The molecule has 1 amide bonds. The fraction of sp³-hybridized carbons (Fsp3) is 0.143. The van der Waals surface area contributed by atoms with Crippen LogP contribution in [-0.4, -0.2) is 22.6 Å². The molecule has 2 rings (SSSR count). The van der Waals surface area contributed by atoms with Crippen LogP contribution in [0.4, 0.5) is 5.82 Å². The normalized spacial score (nSPS) is 9.53. The maximum Gasteiger partial charge on any atom is 0.266 e. The van der Waals surface area contributed by atoms with Crippen LogP contribution in [0.1, 0.15) is 21.7 Å². The van der Waals surface area contributed by atoms with Crippen LogP contribution in [0.25, 0.3) is 0 Å². The van der Waals surface area contributed by atoms with E-state index in [0.717, 1.165) is 5.56 Å². The summed E-state index contributed by atoms with van der Waals surface area (Å²) >= 11 is 1.38. The van der Waals surface area contributed by atoms with Gasteiger partial charge in [-0.3, -0.25) is 4.79 Å². The number of carbonyl (C=O) groups excluding carboxylic acids is 1. The summed E-state index contributed by atoms with van der Waals surface area (Å²) in [5, 5.41) is 13.2. The molecule has 0 aromatic carbocycles. The van der Waals surface area contributed by atoms with Crippen molar-refractivity contribution in [2.24, 2.45) is 0 Å². The van der Waals surface area contributed by atoms with E-state index in [-0.39, 0.29) is 12.5 Å². The first kappa shape index (κ1) is 13.3. The second-order valence-corrected chi connectivity index (χ2v) is 4.58. The summed E-state index contributed by atoms with van der Waals surface area (Å²) in [6.07, 6.45) is 2.02. The quantitative estimate of drug-likeness (QED) is 0.841. The molecule has 0 aliphatic heterocycles. The minimum absolute atomic E-state index is 0.0417. The molecule has 2 aromatic rings. The van der Waals surface area contributed by atoms with E-state index >= 15 is 0 Å². The van der Waals surface area contributed by atoms with Crippen molar-refractivity contribution in [1.82, 2.24) is 4.98 Å². The van der Waals surface area contributed by atoms with Crippen molar-refractivity contribution >= 4 is 23.1 Å². The Morgan fingerprint density at radius 3 is 3.11 bits per heavy atom. The number of amides is 1. The van der Waals surface area contributed by atoms with Gasteiger partial charge in [0.2, 0.25) is 0 Å². The zero-order chi connectivity index (χ0) is 13.5. The summed E-state index contributed by atoms with van der Waals surface area (Å²) in [6.45, 7) is 0.0417. The molecule has 0 saturated heterocycles. The van der Waals surface area contributed by atoms with E-state index in [1.54, 1.807) is 24.4 Å². The zero-order valence-corrected chi connectivity index (χ0v) is 10.9. The van der Waals surface area contributed by atoms with Gasteiger partial charge >= 0.3 is 0 Å². The molecule has 2 N–H and O–H groups in total. The van der Waals surface area contributed by atoms with Crippen LogP contribution in [0.15, 0.2) is 35.8 Å². The van der Waals surface area contributed by atoms with Crippen LogP contribution in [0.3, 0.4) is 0 Å². The van der Waals surface area contributed by atoms with Crippen molar-refractivity contribution in [2.45, 2.75) is 6.42 Å². The minimum atomic E-state index is -0.178. The molecule has 0 aliphatic carbocycles. The lowest BCUT2D eigenvalue weighted by atomic mass is 10.2. The fourth-order valence-electron chi connectivity index (χ4n) is 1.38. The second-order valence-electron chi connectivity index (χ2n) is 3.64. The highest BCUT2D eigenvalue weighted by Crippen LogP contribution is 2.12. The summed E-state index contributed by atoms with van der Waals surface area (Å²) in [4.78, 5) is 16.5. The average molecular weight is 272 g/mol. The molecule has 0 atom stereocenters. The van der Waals surface area contributed by atoms with Gasteiger partial charge in [0.15, 0.2) is 0 Å². The molecule has 2 aromatic heterocycles. The standard InChI is InChI=1S/C14H12N2O2S/c17-8-2-1-4-11-6-7-15-13(10-11)16-14(18)12-5-3-9-19-12/h3,5-7,9-10,17H,2,8H2,(H,15,16,18). The summed E-state index contributed by atoms with van der Waals surface area (Å²) < 4.78 is 0. The lowest BCUT2D eigenvalue weighted by Gasteiger charge is -2.02. The van der Waals surface area contributed by atoms with Crippen molar-refractivity contribution < 1.29 is 9.90 Å². The summed E-state index contributed by atoms with van der Waals surface area (Å²) in [6, 6.07) is 7.04. The highest BCUT2D eigenvalue weighted by Gasteiger charge is 2.07. The Kier molecular flexibility index (Phi) is 4.67. The molecule has 19 heavy (non-hydrogen) atoms. The van der Waals surface area contributed by atoms with Gasteiger partial charge in [0, 0.05) is 18.2 Å². The number of nitrogens with zero attached hydrogens (tertiary/aromatic N) is 1. The van der Waals surface area contributed by atoms with Crippen LogP contribution in [0, 0.1) is 11.8 Å². The number of aliphatic hydroxyl groups excluding tert-OH is 1. The Bertz CT molecular complexity index is 612. The molecule has 0 spiro atoms. The predicted molar refractivity (Wildman–Crippen MR) is 75.1 cm³/mol. The van der Waals surface area contributed by atoms with E-state index in [9.17, 15) is 4.79 Å². The maximum absolute atomic E-state index is 11.8. The number of carbonyl (C=O) groups is 1. The van der Waals surface area contributed by atoms with Crippen molar-refractivity contribution in [3.8, 4) is 11.8 Å². The lowest BCUT2D eigenvalue weighted by molar-refractivity contribution is 0.103. The molecule has 5 heteroatoms. The summed E-state index contributed by atoms with van der Waals surface area (Å²) in [5.74, 6) is 6.01. The Morgan fingerprint density at radius 2 is 2.37 bits per heavy atom. The lowest BCUT2D eigenvalue weighted by Crippen LogP contribution is -2.11. The third-order valence-corrected chi connectivity index (χ3v) is 3.08. The first-order valence-corrected chi connectivity index (χ1v) is 6.58. The summed E-state index contributed by atoms with van der Waals surface area (Å²) in [7, 11) is 0. The first-order chi connectivity index (χ1) is 9.29. The topological polar surface area (TPSA) is 62.2 Å². The Labute approximate surface area is 115 Å². The number of anilines is 1. The Morgan fingerprint density at radius 1 is 1.47 bits per heavy atom. The number of pyridine rings is 1. The molecule has 0 radical (unpaired) electrons. The monoisotopic (exact) mass is 272 g/mol. The average Bonchev–Trinajstić information content (AvgIpc) is 2.93. The van der Waals surface area contributed by atoms with Gasteiger partial charge in [-0.2, -0.15) is 0 Å². The number of hydrogen-bond acceptors (Lipinski definition) is 4. The van der Waals surface area contributed by atoms with Gasteiger partial charge < -0.3 is 10.4 Å². The molecule has 0 fully saturated rings. The number of aromatic nitrogens is 1. The third-order valence-electron chi connectivity index (χ3n) is 2.22. The second kappa shape index (κ2) is 6.69. The highest BCUT2D eigenvalue weighted by molar-refractivity contribution is 7.12. The van der Waals surface area contributed by atoms with Gasteiger partial charge in [0.25, 0.3) is 5.91 Å². The van der Waals surface area contributed by atoms with Crippen molar-refractivity contribution in [3.05, 3.63) is 46.3 Å². The molecule has 0 unspecified atom stereocenters.